The van der Waals surface area contributed by atoms with E-state index < -0.39 is 5.79 Å². The summed E-state index contributed by atoms with van der Waals surface area (Å²) in [7, 11) is 0. The van der Waals surface area contributed by atoms with Gasteiger partial charge in [0.1, 0.15) is 0 Å². The lowest BCUT2D eigenvalue weighted by Gasteiger charge is -2.20. The fraction of sp³-hybridized carbons (Fsp3) is 0.769. The fourth-order valence-corrected chi connectivity index (χ4v) is 1.58. The van der Waals surface area contributed by atoms with Crippen molar-refractivity contribution in [1.29, 1.82) is 5.26 Å². The molecule has 88 valence electrons. The molecule has 1 saturated heterocycles. The van der Waals surface area contributed by atoms with Crippen LogP contribution in [-0.2, 0) is 9.47 Å². The summed E-state index contributed by atoms with van der Waals surface area (Å²) >= 11 is 0. The van der Waals surface area contributed by atoms with Crippen LogP contribution in [0.5, 0.6) is 0 Å². The predicted octanol–water partition coefficient (Wildman–Crippen LogP) is 2.62. The normalized spacial score (nSPS) is 17.5. The second-order valence-electron chi connectivity index (χ2n) is 4.05. The molecule has 1 rings (SSSR count). The quantitative estimate of drug-likeness (QED) is 0.529. The lowest BCUT2D eigenvalue weighted by Crippen LogP contribution is -2.24. The van der Waals surface area contributed by atoms with Crippen LogP contribution >= 0.6 is 0 Å². The summed E-state index contributed by atoms with van der Waals surface area (Å²) in [4.78, 5) is 0. The number of hydrogen-bond acceptors (Lipinski definition) is 3. The van der Waals surface area contributed by atoms with Gasteiger partial charge in [0.05, 0.1) is 19.3 Å². The average Bonchev–Trinajstić information content (AvgIpc) is 2.70. The van der Waals surface area contributed by atoms with Crippen LogP contribution in [-0.4, -0.2) is 19.0 Å². The van der Waals surface area contributed by atoms with Gasteiger partial charge in [-0.2, -0.15) is 5.26 Å². The first-order valence-electron chi connectivity index (χ1n) is 5.87. The number of unbranched alkanes of at least 4 members (excludes halogenated alkanes) is 3. The monoisotopic (exact) mass is 221 g/mol. The van der Waals surface area contributed by atoms with E-state index in [0.717, 1.165) is 32.1 Å². The second-order valence-corrected chi connectivity index (χ2v) is 4.05. The largest absolute Gasteiger partial charge is 0.348 e. The van der Waals surface area contributed by atoms with Gasteiger partial charge in [-0.25, -0.2) is 0 Å². The van der Waals surface area contributed by atoms with E-state index in [0.29, 0.717) is 19.6 Å². The summed E-state index contributed by atoms with van der Waals surface area (Å²) in [6, 6.07) is 2.13. The summed E-state index contributed by atoms with van der Waals surface area (Å²) in [6.07, 6.45) is 5.15. The van der Waals surface area contributed by atoms with Gasteiger partial charge >= 0.3 is 0 Å². The number of nitrogens with zero attached hydrogens (tertiary/aromatic N) is 1. The molecule has 16 heavy (non-hydrogen) atoms. The minimum Gasteiger partial charge on any atom is -0.348 e. The van der Waals surface area contributed by atoms with Gasteiger partial charge in [-0.15, -0.1) is 11.8 Å². The van der Waals surface area contributed by atoms with Crippen LogP contribution in [0, 0.1) is 23.2 Å². The topological polar surface area (TPSA) is 42.2 Å². The zero-order valence-electron chi connectivity index (χ0n) is 9.92. The maximum atomic E-state index is 8.34. The molecule has 0 aromatic carbocycles. The first kappa shape index (κ1) is 13.0. The van der Waals surface area contributed by atoms with Gasteiger partial charge < -0.3 is 9.47 Å². The lowest BCUT2D eigenvalue weighted by molar-refractivity contribution is -0.145. The van der Waals surface area contributed by atoms with Gasteiger partial charge in [-0.1, -0.05) is 0 Å². The number of rotatable bonds is 5. The van der Waals surface area contributed by atoms with Crippen LogP contribution in [0.25, 0.3) is 0 Å². The molecule has 0 N–H and O–H groups in total. The van der Waals surface area contributed by atoms with E-state index in [2.05, 4.69) is 17.9 Å². The molecule has 0 saturated carbocycles. The van der Waals surface area contributed by atoms with Crippen molar-refractivity contribution >= 4 is 0 Å². The SMILES string of the molecule is CC1(CCC#CCCCCC#N)OCCO1. The minimum absolute atomic E-state index is 0.407. The van der Waals surface area contributed by atoms with E-state index in [1.807, 2.05) is 6.92 Å². The van der Waals surface area contributed by atoms with E-state index >= 15 is 0 Å². The third kappa shape index (κ3) is 5.16. The van der Waals surface area contributed by atoms with Crippen molar-refractivity contribution in [3.63, 3.8) is 0 Å². The summed E-state index contributed by atoms with van der Waals surface area (Å²) in [5.41, 5.74) is 0. The Labute approximate surface area is 97.7 Å². The molecule has 0 aromatic rings. The van der Waals surface area contributed by atoms with Gasteiger partial charge in [-0.05, 0) is 19.8 Å². The number of ether oxygens (including phenoxy) is 2. The Kier molecular flexibility index (Phi) is 5.93. The smallest absolute Gasteiger partial charge is 0.166 e. The molecule has 1 aliphatic rings. The lowest BCUT2D eigenvalue weighted by atomic mass is 10.1. The minimum atomic E-state index is -0.407. The molecule has 3 heteroatoms. The number of hydrogen-bond donors (Lipinski definition) is 0. The summed E-state index contributed by atoms with van der Waals surface area (Å²) in [5, 5.41) is 8.34. The van der Waals surface area contributed by atoms with Crippen molar-refractivity contribution in [2.45, 2.75) is 51.2 Å². The Bertz CT molecular complexity index is 289. The summed E-state index contributed by atoms with van der Waals surface area (Å²) in [6.45, 7) is 3.35. The van der Waals surface area contributed by atoms with Crippen molar-refractivity contribution in [3.05, 3.63) is 0 Å². The van der Waals surface area contributed by atoms with Crippen LogP contribution in [0.2, 0.25) is 0 Å². The van der Waals surface area contributed by atoms with Gasteiger partial charge in [-0.3, -0.25) is 0 Å². The van der Waals surface area contributed by atoms with Gasteiger partial charge in [0.15, 0.2) is 5.79 Å². The van der Waals surface area contributed by atoms with Gasteiger partial charge in [0.25, 0.3) is 0 Å². The molecule has 0 unspecified atom stereocenters. The Balaban J connectivity index is 2.02. The molecule has 0 bridgehead atoms. The van der Waals surface area contributed by atoms with Crippen LogP contribution in [0.4, 0.5) is 0 Å². The van der Waals surface area contributed by atoms with E-state index in [1.165, 1.54) is 0 Å². The molecule has 0 aliphatic carbocycles. The Morgan fingerprint density at radius 3 is 2.38 bits per heavy atom. The Morgan fingerprint density at radius 1 is 1.06 bits per heavy atom. The third-order valence-corrected chi connectivity index (χ3v) is 2.57. The van der Waals surface area contributed by atoms with E-state index in [1.54, 1.807) is 0 Å². The zero-order valence-corrected chi connectivity index (χ0v) is 9.92. The molecule has 1 aliphatic heterocycles. The van der Waals surface area contributed by atoms with Crippen LogP contribution in [0.15, 0.2) is 0 Å². The Hall–Kier alpha value is -1.03. The number of nitriles is 1. The zero-order chi connectivity index (χ0) is 11.7. The fourth-order valence-electron chi connectivity index (χ4n) is 1.58. The van der Waals surface area contributed by atoms with Crippen molar-refractivity contribution in [2.24, 2.45) is 0 Å². The first-order chi connectivity index (χ1) is 7.77. The van der Waals surface area contributed by atoms with Crippen LogP contribution in [0.1, 0.15) is 45.4 Å². The first-order valence-corrected chi connectivity index (χ1v) is 5.87. The summed E-state index contributed by atoms with van der Waals surface area (Å²) < 4.78 is 10.9. The Morgan fingerprint density at radius 2 is 1.69 bits per heavy atom. The van der Waals surface area contributed by atoms with E-state index in [4.69, 9.17) is 14.7 Å². The molecule has 0 amide bonds. The third-order valence-electron chi connectivity index (χ3n) is 2.57. The van der Waals surface area contributed by atoms with Crippen molar-refractivity contribution < 1.29 is 9.47 Å². The second kappa shape index (κ2) is 7.28. The van der Waals surface area contributed by atoms with Crippen LogP contribution < -0.4 is 0 Å². The average molecular weight is 221 g/mol. The predicted molar refractivity (Wildman–Crippen MR) is 61.4 cm³/mol. The summed E-state index contributed by atoms with van der Waals surface area (Å²) in [5.74, 6) is 5.83. The highest BCUT2D eigenvalue weighted by Crippen LogP contribution is 2.23. The molecule has 0 atom stereocenters. The maximum Gasteiger partial charge on any atom is 0.166 e. The maximum absolute atomic E-state index is 8.34. The van der Waals surface area contributed by atoms with E-state index in [9.17, 15) is 0 Å². The van der Waals surface area contributed by atoms with Gasteiger partial charge in [0, 0.05) is 25.7 Å². The van der Waals surface area contributed by atoms with E-state index in [-0.39, 0.29) is 0 Å². The molecule has 1 heterocycles. The van der Waals surface area contributed by atoms with Crippen molar-refractivity contribution in [2.75, 3.05) is 13.2 Å². The highest BCUT2D eigenvalue weighted by molar-refractivity contribution is 4.99. The van der Waals surface area contributed by atoms with Gasteiger partial charge in [0.2, 0.25) is 0 Å². The molecule has 1 fully saturated rings. The van der Waals surface area contributed by atoms with Crippen LogP contribution in [0.3, 0.4) is 0 Å². The highest BCUT2D eigenvalue weighted by Gasteiger charge is 2.29. The molecule has 0 aromatic heterocycles. The van der Waals surface area contributed by atoms with Crippen molar-refractivity contribution in [1.82, 2.24) is 0 Å². The molecule has 3 nitrogen and oxygen atoms in total. The molecular weight excluding hydrogens is 202 g/mol. The highest BCUT2D eigenvalue weighted by atomic mass is 16.7. The van der Waals surface area contributed by atoms with Crippen molar-refractivity contribution in [3.8, 4) is 17.9 Å². The molecular formula is C13H19NO2. The molecule has 0 spiro atoms. The molecule has 0 radical (unpaired) electrons. The standard InChI is InChI=1S/C13H19NO2/c1-13(15-11-12-16-13)9-7-5-3-2-4-6-8-10-14/h2,4,6-9,11-12H2,1H3.